The van der Waals surface area contributed by atoms with Crippen LogP contribution in [0.2, 0.25) is 0 Å². The maximum atomic E-state index is 11.9. The van der Waals surface area contributed by atoms with Gasteiger partial charge in [-0.1, -0.05) is 6.07 Å². The molecule has 5 nitrogen and oxygen atoms in total. The SMILES string of the molecule is O=S1(=O)CCCC1Cn1c(-c2cccs2)n[nH]c1=S. The Morgan fingerprint density at radius 2 is 2.42 bits per heavy atom. The molecule has 0 radical (unpaired) electrons. The lowest BCUT2D eigenvalue weighted by molar-refractivity contribution is 0.565. The fraction of sp³-hybridized carbons (Fsp3) is 0.455. The average Bonchev–Trinajstić information content (AvgIpc) is 3.03. The van der Waals surface area contributed by atoms with Crippen molar-refractivity contribution < 1.29 is 8.42 Å². The Balaban J connectivity index is 1.98. The van der Waals surface area contributed by atoms with Crippen LogP contribution in [0.4, 0.5) is 0 Å². The van der Waals surface area contributed by atoms with Crippen molar-refractivity contribution in [2.45, 2.75) is 24.6 Å². The Morgan fingerprint density at radius 3 is 3.05 bits per heavy atom. The molecular weight excluding hydrogens is 302 g/mol. The normalized spacial score (nSPS) is 21.8. The lowest BCUT2D eigenvalue weighted by Gasteiger charge is -2.11. The van der Waals surface area contributed by atoms with Crippen molar-refractivity contribution in [3.63, 3.8) is 0 Å². The number of hydrogen-bond acceptors (Lipinski definition) is 5. The Hall–Kier alpha value is -0.990. The van der Waals surface area contributed by atoms with E-state index in [1.807, 2.05) is 17.5 Å². The minimum Gasteiger partial charge on any atom is -0.298 e. The van der Waals surface area contributed by atoms with Gasteiger partial charge in [-0.2, -0.15) is 5.10 Å². The van der Waals surface area contributed by atoms with Gasteiger partial charge in [0.2, 0.25) is 0 Å². The number of aromatic amines is 1. The lowest BCUT2D eigenvalue weighted by atomic mass is 10.2. The zero-order valence-electron chi connectivity index (χ0n) is 10.1. The van der Waals surface area contributed by atoms with E-state index in [9.17, 15) is 8.42 Å². The van der Waals surface area contributed by atoms with Gasteiger partial charge in [-0.15, -0.1) is 11.3 Å². The zero-order valence-corrected chi connectivity index (χ0v) is 12.5. The van der Waals surface area contributed by atoms with Crippen LogP contribution in [-0.4, -0.2) is 34.2 Å². The van der Waals surface area contributed by atoms with Crippen molar-refractivity contribution in [2.24, 2.45) is 0 Å². The molecule has 1 atom stereocenters. The van der Waals surface area contributed by atoms with E-state index in [1.54, 1.807) is 15.9 Å². The predicted molar refractivity (Wildman–Crippen MR) is 77.5 cm³/mol. The summed E-state index contributed by atoms with van der Waals surface area (Å²) in [5.74, 6) is 1.01. The number of sulfone groups is 1. The van der Waals surface area contributed by atoms with Crippen LogP contribution in [0, 0.1) is 4.77 Å². The maximum absolute atomic E-state index is 11.9. The van der Waals surface area contributed by atoms with E-state index >= 15 is 0 Å². The number of nitrogens with one attached hydrogen (secondary N) is 1. The Morgan fingerprint density at radius 1 is 1.58 bits per heavy atom. The molecule has 0 aromatic carbocycles. The highest BCUT2D eigenvalue weighted by Gasteiger charge is 2.32. The first-order chi connectivity index (χ1) is 9.08. The molecule has 1 N–H and O–H groups in total. The summed E-state index contributed by atoms with van der Waals surface area (Å²) in [5.41, 5.74) is 0. The van der Waals surface area contributed by atoms with Gasteiger partial charge in [-0.3, -0.25) is 9.67 Å². The highest BCUT2D eigenvalue weighted by molar-refractivity contribution is 7.92. The first kappa shape index (κ1) is 13.0. The maximum Gasteiger partial charge on any atom is 0.195 e. The van der Waals surface area contributed by atoms with Crippen molar-refractivity contribution in [3.8, 4) is 10.7 Å². The first-order valence-corrected chi connectivity index (χ1v) is 8.99. The number of aromatic nitrogens is 3. The smallest absolute Gasteiger partial charge is 0.195 e. The topological polar surface area (TPSA) is 67.8 Å². The van der Waals surface area contributed by atoms with E-state index in [1.165, 1.54) is 0 Å². The van der Waals surface area contributed by atoms with E-state index in [0.29, 0.717) is 17.7 Å². The molecule has 3 rings (SSSR count). The molecule has 0 bridgehead atoms. The summed E-state index contributed by atoms with van der Waals surface area (Å²) in [6, 6.07) is 3.89. The number of rotatable bonds is 3. The van der Waals surface area contributed by atoms with Crippen molar-refractivity contribution in [1.29, 1.82) is 0 Å². The molecule has 0 saturated carbocycles. The summed E-state index contributed by atoms with van der Waals surface area (Å²) in [7, 11) is -2.97. The second-order valence-electron chi connectivity index (χ2n) is 4.57. The van der Waals surface area contributed by atoms with Crippen LogP contribution >= 0.6 is 23.6 Å². The second kappa shape index (κ2) is 4.84. The summed E-state index contributed by atoms with van der Waals surface area (Å²) in [4.78, 5) is 0.989. The molecule has 3 heterocycles. The molecule has 1 saturated heterocycles. The molecule has 2 aromatic rings. The summed E-state index contributed by atoms with van der Waals surface area (Å²) in [6.07, 6.45) is 1.45. The minimum absolute atomic E-state index is 0.289. The van der Waals surface area contributed by atoms with Gasteiger partial charge in [0.1, 0.15) is 0 Å². The second-order valence-corrected chi connectivity index (χ2v) is 8.31. The molecule has 0 amide bonds. The van der Waals surface area contributed by atoms with Crippen molar-refractivity contribution in [3.05, 3.63) is 22.3 Å². The van der Waals surface area contributed by atoms with Crippen LogP contribution in [-0.2, 0) is 16.4 Å². The molecule has 0 aliphatic carbocycles. The highest BCUT2D eigenvalue weighted by Crippen LogP contribution is 2.26. The van der Waals surface area contributed by atoms with Crippen molar-refractivity contribution in [1.82, 2.24) is 14.8 Å². The van der Waals surface area contributed by atoms with E-state index < -0.39 is 9.84 Å². The molecule has 8 heteroatoms. The standard InChI is InChI=1S/C11H13N3O2S3/c15-19(16)6-2-3-8(19)7-14-10(12-13-11(14)17)9-4-1-5-18-9/h1,4-5,8H,2-3,6-7H2,(H,13,17). The van der Waals surface area contributed by atoms with Gasteiger partial charge < -0.3 is 0 Å². The minimum atomic E-state index is -2.97. The number of H-pyrrole nitrogens is 1. The van der Waals surface area contributed by atoms with Crippen LogP contribution < -0.4 is 0 Å². The van der Waals surface area contributed by atoms with Gasteiger partial charge in [0.25, 0.3) is 0 Å². The van der Waals surface area contributed by atoms with Gasteiger partial charge in [0.05, 0.1) is 15.9 Å². The Kier molecular flexibility index (Phi) is 3.32. The molecule has 19 heavy (non-hydrogen) atoms. The largest absolute Gasteiger partial charge is 0.298 e. The van der Waals surface area contributed by atoms with Gasteiger partial charge in [0, 0.05) is 6.54 Å². The molecule has 1 fully saturated rings. The Bertz CT molecular complexity index is 728. The fourth-order valence-corrected chi connectivity index (χ4v) is 5.08. The van der Waals surface area contributed by atoms with Gasteiger partial charge in [-0.25, -0.2) is 8.42 Å². The van der Waals surface area contributed by atoms with Gasteiger partial charge in [0.15, 0.2) is 20.4 Å². The quantitative estimate of drug-likeness (QED) is 0.882. The average molecular weight is 315 g/mol. The number of thiophene rings is 1. The summed E-state index contributed by atoms with van der Waals surface area (Å²) in [5, 5.41) is 8.59. The van der Waals surface area contributed by atoms with Crippen molar-refractivity contribution in [2.75, 3.05) is 5.75 Å². The molecule has 102 valence electrons. The predicted octanol–water partition coefficient (Wildman–Crippen LogP) is 2.25. The van der Waals surface area contributed by atoms with Gasteiger partial charge >= 0.3 is 0 Å². The fourth-order valence-electron chi connectivity index (χ4n) is 2.35. The number of hydrogen-bond donors (Lipinski definition) is 1. The Labute approximate surface area is 120 Å². The molecule has 1 aliphatic heterocycles. The van der Waals surface area contributed by atoms with Crippen LogP contribution in [0.5, 0.6) is 0 Å². The van der Waals surface area contributed by atoms with E-state index in [4.69, 9.17) is 12.2 Å². The molecule has 0 spiro atoms. The molecule has 1 unspecified atom stereocenters. The summed E-state index contributed by atoms with van der Waals surface area (Å²) >= 11 is 6.77. The third kappa shape index (κ3) is 2.39. The van der Waals surface area contributed by atoms with Crippen LogP contribution in [0.1, 0.15) is 12.8 Å². The third-order valence-electron chi connectivity index (χ3n) is 3.35. The van der Waals surface area contributed by atoms with E-state index in [2.05, 4.69) is 10.2 Å². The number of nitrogens with zero attached hydrogens (tertiary/aromatic N) is 2. The van der Waals surface area contributed by atoms with E-state index in [0.717, 1.165) is 17.1 Å². The highest BCUT2D eigenvalue weighted by atomic mass is 32.2. The lowest BCUT2D eigenvalue weighted by Crippen LogP contribution is -2.22. The van der Waals surface area contributed by atoms with Crippen LogP contribution in [0.3, 0.4) is 0 Å². The van der Waals surface area contributed by atoms with E-state index in [-0.39, 0.29) is 11.0 Å². The monoisotopic (exact) mass is 315 g/mol. The molecule has 2 aromatic heterocycles. The van der Waals surface area contributed by atoms with Gasteiger partial charge in [-0.05, 0) is 36.5 Å². The third-order valence-corrected chi connectivity index (χ3v) is 6.78. The van der Waals surface area contributed by atoms with Crippen molar-refractivity contribution >= 4 is 33.4 Å². The molecule has 1 aliphatic rings. The van der Waals surface area contributed by atoms with Crippen LogP contribution in [0.25, 0.3) is 10.7 Å². The van der Waals surface area contributed by atoms with Crippen LogP contribution in [0.15, 0.2) is 17.5 Å². The summed E-state index contributed by atoms with van der Waals surface area (Å²) in [6.45, 7) is 0.394. The summed E-state index contributed by atoms with van der Waals surface area (Å²) < 4.78 is 26.1. The molecular formula is C11H13N3O2S3. The first-order valence-electron chi connectivity index (χ1n) is 5.98. The zero-order chi connectivity index (χ0) is 13.5.